The number of halogens is 1. The van der Waals surface area contributed by atoms with E-state index in [0.29, 0.717) is 31.2 Å². The normalized spacial score (nSPS) is 17.3. The minimum atomic E-state index is -0.433. The van der Waals surface area contributed by atoms with E-state index in [4.69, 9.17) is 16.3 Å². The standard InChI is InChI=1S/C11H15ClN2O3/c1-7-9(12)13-11(16)14(10(7)15)6-8-2-4-17-5-3-8/h8H,2-6H2,1H3,(H,13,16). The van der Waals surface area contributed by atoms with Crippen LogP contribution in [0.5, 0.6) is 0 Å². The van der Waals surface area contributed by atoms with E-state index >= 15 is 0 Å². The number of nitrogens with one attached hydrogen (secondary N) is 1. The molecule has 2 heterocycles. The van der Waals surface area contributed by atoms with Crippen molar-refractivity contribution in [3.05, 3.63) is 31.6 Å². The van der Waals surface area contributed by atoms with Gasteiger partial charge in [-0.25, -0.2) is 4.79 Å². The molecule has 1 aromatic rings. The summed E-state index contributed by atoms with van der Waals surface area (Å²) in [5, 5.41) is 0.128. The van der Waals surface area contributed by atoms with E-state index in [2.05, 4.69) is 4.98 Å². The third-order valence-corrected chi connectivity index (χ3v) is 3.52. The first-order chi connectivity index (χ1) is 8.09. The number of rotatable bonds is 2. The van der Waals surface area contributed by atoms with Crippen LogP contribution in [0.25, 0.3) is 0 Å². The summed E-state index contributed by atoms with van der Waals surface area (Å²) in [4.78, 5) is 26.1. The monoisotopic (exact) mass is 258 g/mol. The molecule has 6 heteroatoms. The molecule has 0 aliphatic carbocycles. The van der Waals surface area contributed by atoms with Gasteiger partial charge in [0.2, 0.25) is 0 Å². The van der Waals surface area contributed by atoms with Crippen LogP contribution in [0.3, 0.4) is 0 Å². The van der Waals surface area contributed by atoms with E-state index in [1.54, 1.807) is 6.92 Å². The van der Waals surface area contributed by atoms with Crippen LogP contribution in [-0.4, -0.2) is 22.8 Å². The highest BCUT2D eigenvalue weighted by atomic mass is 35.5. The van der Waals surface area contributed by atoms with Crippen molar-refractivity contribution in [3.8, 4) is 0 Å². The van der Waals surface area contributed by atoms with Crippen molar-refractivity contribution in [2.24, 2.45) is 5.92 Å². The number of H-pyrrole nitrogens is 1. The van der Waals surface area contributed by atoms with Crippen molar-refractivity contribution < 1.29 is 4.74 Å². The Morgan fingerprint density at radius 1 is 1.41 bits per heavy atom. The molecule has 0 bridgehead atoms. The lowest BCUT2D eigenvalue weighted by Crippen LogP contribution is -2.39. The molecule has 94 valence electrons. The zero-order valence-corrected chi connectivity index (χ0v) is 10.4. The summed E-state index contributed by atoms with van der Waals surface area (Å²) in [6.45, 7) is 3.45. The minimum absolute atomic E-state index is 0.128. The van der Waals surface area contributed by atoms with Crippen molar-refractivity contribution in [1.29, 1.82) is 0 Å². The van der Waals surface area contributed by atoms with Crippen molar-refractivity contribution in [2.75, 3.05) is 13.2 Å². The quantitative estimate of drug-likeness (QED) is 0.803. The maximum Gasteiger partial charge on any atom is 0.329 e. The number of aromatic nitrogens is 2. The summed E-state index contributed by atoms with van der Waals surface area (Å²) in [7, 11) is 0. The van der Waals surface area contributed by atoms with Crippen LogP contribution in [0.1, 0.15) is 18.4 Å². The number of hydrogen-bond acceptors (Lipinski definition) is 3. The smallest absolute Gasteiger partial charge is 0.329 e. The van der Waals surface area contributed by atoms with Crippen molar-refractivity contribution in [2.45, 2.75) is 26.3 Å². The summed E-state index contributed by atoms with van der Waals surface area (Å²) in [6.07, 6.45) is 1.76. The first kappa shape index (κ1) is 12.4. The molecule has 0 atom stereocenters. The van der Waals surface area contributed by atoms with Crippen LogP contribution in [0.4, 0.5) is 0 Å². The highest BCUT2D eigenvalue weighted by Crippen LogP contribution is 2.15. The summed E-state index contributed by atoms with van der Waals surface area (Å²) < 4.78 is 6.48. The minimum Gasteiger partial charge on any atom is -0.381 e. The van der Waals surface area contributed by atoms with Gasteiger partial charge in [-0.2, -0.15) is 0 Å². The Morgan fingerprint density at radius 3 is 2.71 bits per heavy atom. The summed E-state index contributed by atoms with van der Waals surface area (Å²) in [5.74, 6) is 0.322. The lowest BCUT2D eigenvalue weighted by atomic mass is 10.0. The Bertz CT molecular complexity index is 514. The van der Waals surface area contributed by atoms with Crippen molar-refractivity contribution >= 4 is 11.6 Å². The van der Waals surface area contributed by atoms with E-state index in [0.717, 1.165) is 12.8 Å². The Labute approximate surface area is 103 Å². The molecule has 2 rings (SSSR count). The fourth-order valence-electron chi connectivity index (χ4n) is 2.00. The second-order valence-corrected chi connectivity index (χ2v) is 4.72. The number of ether oxygens (including phenoxy) is 1. The van der Waals surface area contributed by atoms with Gasteiger partial charge in [0.15, 0.2) is 0 Å². The van der Waals surface area contributed by atoms with Gasteiger partial charge in [-0.3, -0.25) is 14.3 Å². The molecule has 1 N–H and O–H groups in total. The zero-order chi connectivity index (χ0) is 12.4. The Hall–Kier alpha value is -1.07. The van der Waals surface area contributed by atoms with E-state index < -0.39 is 5.69 Å². The van der Waals surface area contributed by atoms with Gasteiger partial charge in [0.1, 0.15) is 5.15 Å². The van der Waals surface area contributed by atoms with Crippen LogP contribution in [-0.2, 0) is 11.3 Å². The molecule has 1 aliphatic heterocycles. The predicted molar refractivity (Wildman–Crippen MR) is 64.6 cm³/mol. The highest BCUT2D eigenvalue weighted by molar-refractivity contribution is 6.30. The van der Waals surface area contributed by atoms with Gasteiger partial charge in [0.05, 0.1) is 0 Å². The molecular weight excluding hydrogens is 244 g/mol. The topological polar surface area (TPSA) is 64.1 Å². The molecule has 1 fully saturated rings. The molecule has 1 aromatic heterocycles. The average molecular weight is 259 g/mol. The van der Waals surface area contributed by atoms with Gasteiger partial charge in [0, 0.05) is 25.3 Å². The van der Waals surface area contributed by atoms with E-state index in [1.165, 1.54) is 4.57 Å². The fourth-order valence-corrected chi connectivity index (χ4v) is 2.16. The number of nitrogens with zero attached hydrogens (tertiary/aromatic N) is 1. The third kappa shape index (κ3) is 2.61. The van der Waals surface area contributed by atoms with Gasteiger partial charge in [-0.1, -0.05) is 11.6 Å². The highest BCUT2D eigenvalue weighted by Gasteiger charge is 2.17. The van der Waals surface area contributed by atoms with E-state index in [-0.39, 0.29) is 10.7 Å². The summed E-state index contributed by atoms with van der Waals surface area (Å²) >= 11 is 5.75. The van der Waals surface area contributed by atoms with Gasteiger partial charge in [0.25, 0.3) is 5.56 Å². The molecule has 1 saturated heterocycles. The lowest BCUT2D eigenvalue weighted by Gasteiger charge is -2.22. The van der Waals surface area contributed by atoms with Crippen LogP contribution < -0.4 is 11.2 Å². The molecule has 0 aromatic carbocycles. The molecule has 1 aliphatic rings. The largest absolute Gasteiger partial charge is 0.381 e. The molecule has 0 radical (unpaired) electrons. The number of hydrogen-bond donors (Lipinski definition) is 1. The van der Waals surface area contributed by atoms with Crippen molar-refractivity contribution in [1.82, 2.24) is 9.55 Å². The van der Waals surface area contributed by atoms with Crippen LogP contribution in [0.2, 0.25) is 5.15 Å². The Kier molecular flexibility index (Phi) is 3.69. The summed E-state index contributed by atoms with van der Waals surface area (Å²) in [6, 6.07) is 0. The van der Waals surface area contributed by atoms with Crippen LogP contribution >= 0.6 is 11.6 Å². The molecule has 0 unspecified atom stereocenters. The molecule has 0 spiro atoms. The Morgan fingerprint density at radius 2 is 2.06 bits per heavy atom. The molecule has 5 nitrogen and oxygen atoms in total. The first-order valence-electron chi connectivity index (χ1n) is 5.66. The van der Waals surface area contributed by atoms with Crippen LogP contribution in [0.15, 0.2) is 9.59 Å². The zero-order valence-electron chi connectivity index (χ0n) is 9.66. The third-order valence-electron chi connectivity index (χ3n) is 3.14. The predicted octanol–water partition coefficient (Wildman–Crippen LogP) is 0.925. The van der Waals surface area contributed by atoms with E-state index in [9.17, 15) is 9.59 Å². The molecule has 0 saturated carbocycles. The van der Waals surface area contributed by atoms with Gasteiger partial charge in [-0.05, 0) is 25.7 Å². The second kappa shape index (κ2) is 5.06. The average Bonchev–Trinajstić information content (AvgIpc) is 2.33. The maximum absolute atomic E-state index is 11.9. The second-order valence-electron chi connectivity index (χ2n) is 4.34. The maximum atomic E-state index is 11.9. The van der Waals surface area contributed by atoms with Gasteiger partial charge < -0.3 is 4.74 Å². The van der Waals surface area contributed by atoms with Gasteiger partial charge in [-0.15, -0.1) is 0 Å². The van der Waals surface area contributed by atoms with Gasteiger partial charge >= 0.3 is 5.69 Å². The van der Waals surface area contributed by atoms with Crippen LogP contribution in [0, 0.1) is 12.8 Å². The molecular formula is C11H15ClN2O3. The number of aromatic amines is 1. The molecule has 17 heavy (non-hydrogen) atoms. The Balaban J connectivity index is 2.29. The van der Waals surface area contributed by atoms with E-state index in [1.807, 2.05) is 0 Å². The molecule has 0 amide bonds. The lowest BCUT2D eigenvalue weighted by molar-refractivity contribution is 0.0605. The summed E-state index contributed by atoms with van der Waals surface area (Å²) in [5.41, 5.74) is -0.347. The first-order valence-corrected chi connectivity index (χ1v) is 6.04. The van der Waals surface area contributed by atoms with Crippen molar-refractivity contribution in [3.63, 3.8) is 0 Å². The fraction of sp³-hybridized carbons (Fsp3) is 0.636. The SMILES string of the molecule is Cc1c(Cl)[nH]c(=O)n(CC2CCOCC2)c1=O.